The third-order valence-corrected chi connectivity index (χ3v) is 3.13. The summed E-state index contributed by atoms with van der Waals surface area (Å²) >= 11 is 13.1. The quantitative estimate of drug-likeness (QED) is 0.628. The van der Waals surface area contributed by atoms with Gasteiger partial charge in [-0.2, -0.15) is 0 Å². The lowest BCUT2D eigenvalue weighted by Gasteiger charge is -1.99. The van der Waals surface area contributed by atoms with E-state index in [9.17, 15) is 0 Å². The molecule has 0 aliphatic heterocycles. The van der Waals surface area contributed by atoms with Crippen molar-refractivity contribution in [2.75, 3.05) is 0 Å². The van der Waals surface area contributed by atoms with Crippen molar-refractivity contribution in [1.29, 1.82) is 0 Å². The van der Waals surface area contributed by atoms with Gasteiger partial charge in [0.15, 0.2) is 5.75 Å². The van der Waals surface area contributed by atoms with Gasteiger partial charge in [-0.1, -0.05) is 28.4 Å². The second-order valence-corrected chi connectivity index (χ2v) is 4.54. The third kappa shape index (κ3) is 2.95. The molecule has 0 aliphatic rings. The third-order valence-electron chi connectivity index (χ3n) is 1.68. The van der Waals surface area contributed by atoms with Gasteiger partial charge in [-0.25, -0.2) is 0 Å². The molecule has 2 aromatic rings. The van der Waals surface area contributed by atoms with Crippen LogP contribution in [-0.2, 0) is 0 Å². The van der Waals surface area contributed by atoms with Gasteiger partial charge >= 0.3 is 0 Å². The summed E-state index contributed by atoms with van der Waals surface area (Å²) in [5.74, 6) is 0.537. The molecule has 0 atom stereocenters. The Kier molecular flexibility index (Phi) is 3.77. The average molecular weight is 273 g/mol. The minimum atomic E-state index is 0.437. The zero-order chi connectivity index (χ0) is 11.4. The topological polar surface area (TPSA) is 34.5 Å². The van der Waals surface area contributed by atoms with Gasteiger partial charge in [0.25, 0.3) is 0 Å². The Bertz CT molecular complexity index is 500. The molecule has 82 valence electrons. The van der Waals surface area contributed by atoms with Gasteiger partial charge in [-0.3, -0.25) is 4.98 Å². The van der Waals surface area contributed by atoms with E-state index >= 15 is 0 Å². The normalized spacial score (nSPS) is 10.9. The van der Waals surface area contributed by atoms with Crippen molar-refractivity contribution < 1.29 is 4.84 Å². The lowest BCUT2D eigenvalue weighted by Crippen LogP contribution is -1.84. The fourth-order valence-electron chi connectivity index (χ4n) is 0.962. The molecule has 0 aliphatic carbocycles. The highest BCUT2D eigenvalue weighted by atomic mass is 35.5. The highest BCUT2D eigenvalue weighted by Gasteiger charge is 1.99. The summed E-state index contributed by atoms with van der Waals surface area (Å²) in [7, 11) is 0. The summed E-state index contributed by atoms with van der Waals surface area (Å²) in [5, 5.41) is 4.72. The maximum absolute atomic E-state index is 5.82. The van der Waals surface area contributed by atoms with Gasteiger partial charge in [-0.15, -0.1) is 11.3 Å². The van der Waals surface area contributed by atoms with Crippen LogP contribution in [0.2, 0.25) is 10.0 Å². The Labute approximate surface area is 106 Å². The first-order valence-electron chi connectivity index (χ1n) is 4.29. The second kappa shape index (κ2) is 5.30. The fraction of sp³-hybridized carbons (Fsp3) is 0. The van der Waals surface area contributed by atoms with Crippen molar-refractivity contribution in [1.82, 2.24) is 4.98 Å². The van der Waals surface area contributed by atoms with Crippen molar-refractivity contribution in [3.63, 3.8) is 0 Å². The molecule has 1 aromatic carbocycles. The van der Waals surface area contributed by atoms with Crippen LogP contribution in [0.3, 0.4) is 0 Å². The Balaban J connectivity index is 2.02. The van der Waals surface area contributed by atoms with E-state index in [1.165, 1.54) is 11.3 Å². The molecule has 1 aromatic heterocycles. The highest BCUT2D eigenvalue weighted by molar-refractivity contribution is 7.11. The van der Waals surface area contributed by atoms with E-state index in [0.717, 1.165) is 4.88 Å². The molecule has 1 heterocycles. The average Bonchev–Trinajstić information content (AvgIpc) is 2.76. The lowest BCUT2D eigenvalue weighted by molar-refractivity contribution is 0.344. The van der Waals surface area contributed by atoms with Crippen LogP contribution in [-0.4, -0.2) is 11.2 Å². The molecule has 0 amide bonds. The summed E-state index contributed by atoms with van der Waals surface area (Å²) in [6, 6.07) is 4.95. The fourth-order valence-corrected chi connectivity index (χ4v) is 1.72. The Morgan fingerprint density at radius 2 is 2.19 bits per heavy atom. The second-order valence-electron chi connectivity index (χ2n) is 2.81. The van der Waals surface area contributed by atoms with Crippen molar-refractivity contribution in [3.8, 4) is 5.75 Å². The molecule has 0 fully saturated rings. The molecule has 0 N–H and O–H groups in total. The van der Waals surface area contributed by atoms with E-state index < -0.39 is 0 Å². The molecular formula is C10H6Cl2N2OS. The van der Waals surface area contributed by atoms with Crippen molar-refractivity contribution in [3.05, 3.63) is 44.8 Å². The first kappa shape index (κ1) is 11.4. The van der Waals surface area contributed by atoms with Gasteiger partial charge in [0.2, 0.25) is 0 Å². The zero-order valence-corrected chi connectivity index (χ0v) is 10.3. The van der Waals surface area contributed by atoms with Crippen LogP contribution in [0.25, 0.3) is 0 Å². The van der Waals surface area contributed by atoms with Crippen LogP contribution in [0.5, 0.6) is 5.75 Å². The first-order chi connectivity index (χ1) is 7.75. The van der Waals surface area contributed by atoms with Crippen LogP contribution in [0.1, 0.15) is 4.88 Å². The molecule has 0 unspecified atom stereocenters. The minimum Gasteiger partial charge on any atom is -0.357 e. The largest absolute Gasteiger partial charge is 0.357 e. The number of oxime groups is 1. The molecule has 0 radical (unpaired) electrons. The standard InChI is InChI=1S/C10H6Cl2N2OS/c11-9-2-1-7(3-10(9)12)15-14-5-8-4-13-6-16-8/h1-6H. The van der Waals surface area contributed by atoms with Crippen LogP contribution >= 0.6 is 34.5 Å². The maximum atomic E-state index is 5.82. The summed E-state index contributed by atoms with van der Waals surface area (Å²) in [6.45, 7) is 0. The van der Waals surface area contributed by atoms with Crippen molar-refractivity contribution in [2.45, 2.75) is 0 Å². The van der Waals surface area contributed by atoms with Crippen LogP contribution < -0.4 is 4.84 Å². The molecule has 0 spiro atoms. The van der Waals surface area contributed by atoms with Crippen LogP contribution in [0.15, 0.2) is 35.1 Å². The lowest BCUT2D eigenvalue weighted by atomic mass is 10.3. The predicted molar refractivity (Wildman–Crippen MR) is 66.8 cm³/mol. The van der Waals surface area contributed by atoms with E-state index in [2.05, 4.69) is 10.1 Å². The van der Waals surface area contributed by atoms with Gasteiger partial charge < -0.3 is 4.84 Å². The zero-order valence-electron chi connectivity index (χ0n) is 7.93. The van der Waals surface area contributed by atoms with Gasteiger partial charge in [0.1, 0.15) is 0 Å². The van der Waals surface area contributed by atoms with Crippen LogP contribution in [0.4, 0.5) is 0 Å². The number of rotatable bonds is 3. The molecule has 3 nitrogen and oxygen atoms in total. The number of thiazole rings is 1. The van der Waals surface area contributed by atoms with E-state index in [1.807, 2.05) is 0 Å². The van der Waals surface area contributed by atoms with Crippen molar-refractivity contribution >= 4 is 40.8 Å². The Morgan fingerprint density at radius 3 is 2.88 bits per heavy atom. The number of hydrogen-bond acceptors (Lipinski definition) is 4. The predicted octanol–water partition coefficient (Wildman–Crippen LogP) is 3.86. The number of halogens is 2. The molecule has 6 heteroatoms. The van der Waals surface area contributed by atoms with E-state index in [4.69, 9.17) is 28.0 Å². The first-order valence-corrected chi connectivity index (χ1v) is 5.93. The van der Waals surface area contributed by atoms with Gasteiger partial charge in [-0.05, 0) is 12.1 Å². The van der Waals surface area contributed by atoms with Crippen LogP contribution in [0, 0.1) is 0 Å². The molecule has 0 saturated carbocycles. The SMILES string of the molecule is Clc1ccc(ON=Cc2cncs2)cc1Cl. The summed E-state index contributed by atoms with van der Waals surface area (Å²) in [6.07, 6.45) is 3.28. The van der Waals surface area contributed by atoms with E-state index in [-0.39, 0.29) is 0 Å². The summed E-state index contributed by atoms with van der Waals surface area (Å²) in [4.78, 5) is 9.94. The van der Waals surface area contributed by atoms with Crippen molar-refractivity contribution in [2.24, 2.45) is 5.16 Å². The molecule has 0 saturated heterocycles. The minimum absolute atomic E-state index is 0.437. The maximum Gasteiger partial charge on any atom is 0.159 e. The number of aromatic nitrogens is 1. The number of benzene rings is 1. The smallest absolute Gasteiger partial charge is 0.159 e. The Hall–Kier alpha value is -1.10. The van der Waals surface area contributed by atoms with Gasteiger partial charge in [0.05, 0.1) is 26.6 Å². The monoisotopic (exact) mass is 272 g/mol. The summed E-state index contributed by atoms with van der Waals surface area (Å²) in [5.41, 5.74) is 1.72. The molecule has 16 heavy (non-hydrogen) atoms. The summed E-state index contributed by atoms with van der Waals surface area (Å²) < 4.78 is 0. The number of nitrogens with zero attached hydrogens (tertiary/aromatic N) is 2. The molecular weight excluding hydrogens is 267 g/mol. The van der Waals surface area contributed by atoms with Gasteiger partial charge in [0, 0.05) is 12.3 Å². The Morgan fingerprint density at radius 1 is 1.31 bits per heavy atom. The molecule has 0 bridgehead atoms. The van der Waals surface area contributed by atoms with E-state index in [0.29, 0.717) is 15.8 Å². The van der Waals surface area contributed by atoms with E-state index in [1.54, 1.807) is 36.1 Å². The number of hydrogen-bond donors (Lipinski definition) is 0. The highest BCUT2D eigenvalue weighted by Crippen LogP contribution is 2.26. The molecule has 2 rings (SSSR count).